The lowest BCUT2D eigenvalue weighted by atomic mass is 10.1. The number of anilines is 1. The second kappa shape index (κ2) is 6.58. The molecule has 3 rings (SSSR count). The number of methoxy groups -OCH3 is 1. The van der Waals surface area contributed by atoms with Crippen molar-refractivity contribution in [3.63, 3.8) is 0 Å². The number of halogens is 1. The molecule has 4 nitrogen and oxygen atoms in total. The maximum Gasteiger partial charge on any atom is 0.257 e. The Morgan fingerprint density at radius 1 is 1.09 bits per heavy atom. The summed E-state index contributed by atoms with van der Waals surface area (Å²) in [6.07, 6.45) is 3.82. The molecule has 0 unspecified atom stereocenters. The molecule has 0 atom stereocenters. The molecule has 0 aliphatic carbocycles. The van der Waals surface area contributed by atoms with Gasteiger partial charge < -0.3 is 14.6 Å². The van der Waals surface area contributed by atoms with E-state index >= 15 is 0 Å². The first-order valence-corrected chi connectivity index (χ1v) is 7.44. The summed E-state index contributed by atoms with van der Waals surface area (Å²) in [5.74, 6) is 0.312. The molecular formula is C18H15ClN2O2. The molecular weight excluding hydrogens is 312 g/mol. The Balaban J connectivity index is 1.91. The lowest BCUT2D eigenvalue weighted by molar-refractivity contribution is 0.102. The third kappa shape index (κ3) is 3.22. The van der Waals surface area contributed by atoms with Crippen LogP contribution in [-0.4, -0.2) is 17.6 Å². The van der Waals surface area contributed by atoms with E-state index in [4.69, 9.17) is 16.3 Å². The van der Waals surface area contributed by atoms with Crippen LogP contribution in [0.25, 0.3) is 5.69 Å². The van der Waals surface area contributed by atoms with Gasteiger partial charge in [-0.3, -0.25) is 4.79 Å². The minimum absolute atomic E-state index is 0.284. The molecule has 0 bridgehead atoms. The van der Waals surface area contributed by atoms with E-state index in [-0.39, 0.29) is 5.91 Å². The highest BCUT2D eigenvalue weighted by Crippen LogP contribution is 2.26. The van der Waals surface area contributed by atoms with Gasteiger partial charge in [-0.15, -0.1) is 0 Å². The lowest BCUT2D eigenvalue weighted by Gasteiger charge is -2.12. The van der Waals surface area contributed by atoms with Crippen molar-refractivity contribution in [2.75, 3.05) is 12.4 Å². The second-order valence-electron chi connectivity index (χ2n) is 4.91. The molecule has 1 aromatic heterocycles. The maximum absolute atomic E-state index is 12.6. The zero-order chi connectivity index (χ0) is 16.2. The van der Waals surface area contributed by atoms with Gasteiger partial charge in [0.05, 0.1) is 23.4 Å². The first-order valence-electron chi connectivity index (χ1n) is 7.06. The third-order valence-corrected chi connectivity index (χ3v) is 3.78. The molecule has 0 saturated heterocycles. The number of rotatable bonds is 4. The molecule has 0 radical (unpaired) electrons. The largest absolute Gasteiger partial charge is 0.495 e. The number of hydrogen-bond donors (Lipinski definition) is 1. The summed E-state index contributed by atoms with van der Waals surface area (Å²) in [7, 11) is 1.56. The summed E-state index contributed by atoms with van der Waals surface area (Å²) in [5.41, 5.74) is 1.87. The predicted octanol–water partition coefficient (Wildman–Crippen LogP) is 4.39. The fraction of sp³-hybridized carbons (Fsp3) is 0.0556. The maximum atomic E-state index is 12.6. The van der Waals surface area contributed by atoms with E-state index in [0.717, 1.165) is 5.69 Å². The zero-order valence-corrected chi connectivity index (χ0v) is 13.2. The summed E-state index contributed by atoms with van der Waals surface area (Å²) in [4.78, 5) is 12.6. The van der Waals surface area contributed by atoms with Crippen LogP contribution in [0.3, 0.4) is 0 Å². The highest BCUT2D eigenvalue weighted by atomic mass is 35.5. The number of carbonyl (C=O) groups is 1. The van der Waals surface area contributed by atoms with Crippen LogP contribution in [0.5, 0.6) is 5.75 Å². The van der Waals surface area contributed by atoms with Crippen molar-refractivity contribution in [2.45, 2.75) is 0 Å². The molecule has 1 N–H and O–H groups in total. The lowest BCUT2D eigenvalue weighted by Crippen LogP contribution is -2.13. The van der Waals surface area contributed by atoms with Crippen LogP contribution < -0.4 is 10.1 Å². The number of nitrogens with zero attached hydrogens (tertiary/aromatic N) is 1. The quantitative estimate of drug-likeness (QED) is 0.772. The fourth-order valence-corrected chi connectivity index (χ4v) is 2.50. The van der Waals surface area contributed by atoms with Crippen LogP contribution in [0.15, 0.2) is 67.0 Å². The molecule has 23 heavy (non-hydrogen) atoms. The number of carbonyl (C=O) groups excluding carboxylic acids is 1. The van der Waals surface area contributed by atoms with E-state index in [1.54, 1.807) is 31.4 Å². The molecule has 3 aromatic rings. The van der Waals surface area contributed by atoms with Crippen molar-refractivity contribution in [1.29, 1.82) is 0 Å². The highest BCUT2D eigenvalue weighted by molar-refractivity contribution is 6.34. The van der Waals surface area contributed by atoms with Crippen molar-refractivity contribution >= 4 is 23.2 Å². The normalized spacial score (nSPS) is 10.3. The number of ether oxygens (including phenoxy) is 1. The first kappa shape index (κ1) is 15.2. The molecule has 0 aliphatic rings. The topological polar surface area (TPSA) is 43.3 Å². The smallest absolute Gasteiger partial charge is 0.257 e. The van der Waals surface area contributed by atoms with Gasteiger partial charge in [0.15, 0.2) is 0 Å². The van der Waals surface area contributed by atoms with E-state index in [0.29, 0.717) is 22.0 Å². The van der Waals surface area contributed by atoms with Crippen LogP contribution >= 0.6 is 11.6 Å². The van der Waals surface area contributed by atoms with E-state index in [1.807, 2.05) is 47.3 Å². The number of hydrogen-bond acceptors (Lipinski definition) is 2. The standard InChI is InChI=1S/C18H15ClN2O2/c1-23-17-7-3-2-6-16(17)20-18(22)14-12-13(8-9-15(14)19)21-10-4-5-11-21/h2-12H,1H3,(H,20,22). The van der Waals surface area contributed by atoms with Crippen molar-refractivity contribution < 1.29 is 9.53 Å². The number of nitrogens with one attached hydrogen (secondary N) is 1. The summed E-state index contributed by atoms with van der Waals surface area (Å²) in [6.45, 7) is 0. The van der Waals surface area contributed by atoms with Crippen LogP contribution in [-0.2, 0) is 0 Å². The minimum atomic E-state index is -0.284. The molecule has 5 heteroatoms. The summed E-state index contributed by atoms with van der Waals surface area (Å²) in [5, 5.41) is 3.23. The van der Waals surface area contributed by atoms with Crippen LogP contribution in [0.2, 0.25) is 5.02 Å². The summed E-state index contributed by atoms with van der Waals surface area (Å²) >= 11 is 6.19. The van der Waals surface area contributed by atoms with Crippen molar-refractivity contribution in [3.8, 4) is 11.4 Å². The molecule has 1 heterocycles. The molecule has 116 valence electrons. The van der Waals surface area contributed by atoms with Crippen LogP contribution in [0, 0.1) is 0 Å². The highest BCUT2D eigenvalue weighted by Gasteiger charge is 2.14. The Hall–Kier alpha value is -2.72. The Bertz CT molecular complexity index is 829. The van der Waals surface area contributed by atoms with Gasteiger partial charge in [0, 0.05) is 18.1 Å². The molecule has 0 aliphatic heterocycles. The Morgan fingerprint density at radius 3 is 2.57 bits per heavy atom. The number of para-hydroxylation sites is 2. The van der Waals surface area contributed by atoms with Crippen molar-refractivity contribution in [3.05, 3.63) is 77.6 Å². The average molecular weight is 327 g/mol. The van der Waals surface area contributed by atoms with E-state index in [1.165, 1.54) is 0 Å². The number of benzene rings is 2. The monoisotopic (exact) mass is 326 g/mol. The molecule has 2 aromatic carbocycles. The number of aromatic nitrogens is 1. The predicted molar refractivity (Wildman–Crippen MR) is 91.7 cm³/mol. The first-order chi connectivity index (χ1) is 11.2. The summed E-state index contributed by atoms with van der Waals surface area (Å²) in [6, 6.07) is 16.4. The second-order valence-corrected chi connectivity index (χ2v) is 5.32. The Kier molecular flexibility index (Phi) is 4.35. The fourth-order valence-electron chi connectivity index (χ4n) is 2.29. The van der Waals surface area contributed by atoms with Crippen LogP contribution in [0.4, 0.5) is 5.69 Å². The van der Waals surface area contributed by atoms with Crippen LogP contribution in [0.1, 0.15) is 10.4 Å². The van der Waals surface area contributed by atoms with Gasteiger partial charge in [-0.25, -0.2) is 0 Å². The summed E-state index contributed by atoms with van der Waals surface area (Å²) < 4.78 is 7.16. The van der Waals surface area contributed by atoms with Crippen molar-refractivity contribution in [2.24, 2.45) is 0 Å². The molecule has 0 spiro atoms. The van der Waals surface area contributed by atoms with Gasteiger partial charge in [-0.05, 0) is 42.5 Å². The van der Waals surface area contributed by atoms with Gasteiger partial charge in [0.25, 0.3) is 5.91 Å². The zero-order valence-electron chi connectivity index (χ0n) is 12.5. The van der Waals surface area contributed by atoms with Gasteiger partial charge in [-0.1, -0.05) is 23.7 Å². The third-order valence-electron chi connectivity index (χ3n) is 3.45. The minimum Gasteiger partial charge on any atom is -0.495 e. The molecule has 0 fully saturated rings. The van der Waals surface area contributed by atoms with E-state index < -0.39 is 0 Å². The van der Waals surface area contributed by atoms with E-state index in [2.05, 4.69) is 5.32 Å². The molecule has 0 saturated carbocycles. The Morgan fingerprint density at radius 2 is 1.83 bits per heavy atom. The number of amides is 1. The average Bonchev–Trinajstić information content (AvgIpc) is 3.10. The van der Waals surface area contributed by atoms with E-state index in [9.17, 15) is 4.79 Å². The SMILES string of the molecule is COc1ccccc1NC(=O)c1cc(-n2cccc2)ccc1Cl. The van der Waals surface area contributed by atoms with Gasteiger partial charge in [0.1, 0.15) is 5.75 Å². The van der Waals surface area contributed by atoms with Gasteiger partial charge in [-0.2, -0.15) is 0 Å². The molecule has 1 amide bonds. The Labute approximate surface area is 139 Å². The van der Waals surface area contributed by atoms with Gasteiger partial charge in [0.2, 0.25) is 0 Å². The van der Waals surface area contributed by atoms with Gasteiger partial charge >= 0.3 is 0 Å². The van der Waals surface area contributed by atoms with Crippen molar-refractivity contribution in [1.82, 2.24) is 4.57 Å².